The summed E-state index contributed by atoms with van der Waals surface area (Å²) in [6.07, 6.45) is -0.596. The number of anilines is 1. The van der Waals surface area contributed by atoms with E-state index < -0.39 is 16.2 Å². The van der Waals surface area contributed by atoms with Gasteiger partial charge in [0.05, 0.1) is 5.69 Å². The third-order valence-corrected chi connectivity index (χ3v) is 6.03. The number of amides is 1. The Kier molecular flexibility index (Phi) is 4.85. The molecule has 1 heterocycles. The molecule has 3 aromatic rings. The second kappa shape index (κ2) is 7.46. The van der Waals surface area contributed by atoms with Gasteiger partial charge in [0, 0.05) is 12.1 Å². The molecule has 0 aliphatic carbocycles. The first-order valence-electron chi connectivity index (χ1n) is 8.83. The minimum absolute atomic E-state index is 0.182. The lowest BCUT2D eigenvalue weighted by atomic mass is 10.1. The maximum absolute atomic E-state index is 12.4. The zero-order valence-electron chi connectivity index (χ0n) is 14.9. The summed E-state index contributed by atoms with van der Waals surface area (Å²) in [6.45, 7) is 0.447. The number of carbonyl (C=O) groups excluding carboxylic acids is 1. The third kappa shape index (κ3) is 3.76. The monoisotopic (exact) mass is 393 g/mol. The lowest BCUT2D eigenvalue weighted by molar-refractivity contribution is 0.0951. The van der Waals surface area contributed by atoms with Crippen LogP contribution in [-0.4, -0.2) is 14.3 Å². The molecule has 0 spiro atoms. The van der Waals surface area contributed by atoms with Gasteiger partial charge in [-0.1, -0.05) is 54.6 Å². The van der Waals surface area contributed by atoms with E-state index in [9.17, 15) is 13.2 Å². The predicted molar refractivity (Wildman–Crippen MR) is 107 cm³/mol. The molecule has 7 heteroatoms. The van der Waals surface area contributed by atoms with Gasteiger partial charge in [0.2, 0.25) is 10.0 Å². The number of para-hydroxylation sites is 1. The second-order valence-electron chi connectivity index (χ2n) is 6.49. The van der Waals surface area contributed by atoms with Crippen LogP contribution >= 0.6 is 0 Å². The molecule has 1 atom stereocenters. The lowest BCUT2D eigenvalue weighted by Gasteiger charge is -2.28. The van der Waals surface area contributed by atoms with Gasteiger partial charge in [0.1, 0.15) is 11.1 Å². The van der Waals surface area contributed by atoms with Gasteiger partial charge >= 0.3 is 0 Å². The predicted octanol–water partition coefficient (Wildman–Crippen LogP) is 3.02. The van der Waals surface area contributed by atoms with Crippen molar-refractivity contribution in [3.05, 3.63) is 95.6 Å². The van der Waals surface area contributed by atoms with E-state index in [2.05, 4.69) is 15.4 Å². The molecule has 0 fully saturated rings. The highest BCUT2D eigenvalue weighted by Gasteiger charge is 2.29. The minimum Gasteiger partial charge on any atom is -0.364 e. The van der Waals surface area contributed by atoms with Gasteiger partial charge in [-0.15, -0.1) is 0 Å². The Hall–Kier alpha value is -3.16. The quantitative estimate of drug-likeness (QED) is 0.636. The van der Waals surface area contributed by atoms with E-state index in [1.807, 2.05) is 30.3 Å². The third-order valence-electron chi connectivity index (χ3n) is 4.55. The summed E-state index contributed by atoms with van der Waals surface area (Å²) in [5, 5.41) is 6.05. The zero-order valence-corrected chi connectivity index (χ0v) is 15.7. The SMILES string of the molecule is O=C(NCc1ccccc1)c1ccc(C2Nc3ccccc3S(=O)(=O)N2)cc1. The molecule has 28 heavy (non-hydrogen) atoms. The zero-order chi connectivity index (χ0) is 19.6. The molecule has 3 aromatic carbocycles. The van der Waals surface area contributed by atoms with Crippen molar-refractivity contribution < 1.29 is 13.2 Å². The smallest absolute Gasteiger partial charge is 0.251 e. The van der Waals surface area contributed by atoms with E-state index in [0.717, 1.165) is 11.1 Å². The number of hydrogen-bond acceptors (Lipinski definition) is 4. The second-order valence-corrected chi connectivity index (χ2v) is 8.17. The van der Waals surface area contributed by atoms with Gasteiger partial charge in [0.15, 0.2) is 0 Å². The van der Waals surface area contributed by atoms with Crippen molar-refractivity contribution in [2.45, 2.75) is 17.6 Å². The van der Waals surface area contributed by atoms with Crippen LogP contribution in [0.2, 0.25) is 0 Å². The maximum atomic E-state index is 12.4. The summed E-state index contributed by atoms with van der Waals surface area (Å²) < 4.78 is 27.5. The van der Waals surface area contributed by atoms with Crippen molar-refractivity contribution in [1.29, 1.82) is 0 Å². The molecule has 6 nitrogen and oxygen atoms in total. The van der Waals surface area contributed by atoms with Crippen molar-refractivity contribution in [1.82, 2.24) is 10.0 Å². The van der Waals surface area contributed by atoms with Crippen LogP contribution in [0.15, 0.2) is 83.8 Å². The van der Waals surface area contributed by atoms with Crippen molar-refractivity contribution in [2.24, 2.45) is 0 Å². The van der Waals surface area contributed by atoms with Crippen LogP contribution in [0.4, 0.5) is 5.69 Å². The maximum Gasteiger partial charge on any atom is 0.251 e. The first kappa shape index (κ1) is 18.2. The van der Waals surface area contributed by atoms with E-state index in [0.29, 0.717) is 17.8 Å². The number of benzene rings is 3. The number of sulfonamides is 1. The number of carbonyl (C=O) groups is 1. The summed E-state index contributed by atoms with van der Waals surface area (Å²) in [6, 6.07) is 23.3. The van der Waals surface area contributed by atoms with Crippen LogP contribution in [0, 0.1) is 0 Å². The standard InChI is InChI=1S/C21H19N3O3S/c25-21(22-14-15-6-2-1-3-7-15)17-12-10-16(11-13-17)20-23-18-8-4-5-9-19(18)28(26,27)24-20/h1-13,20,23-24H,14H2,(H,22,25). The van der Waals surface area contributed by atoms with Crippen LogP contribution in [0.1, 0.15) is 27.7 Å². The topological polar surface area (TPSA) is 87.3 Å². The fourth-order valence-electron chi connectivity index (χ4n) is 3.08. The van der Waals surface area contributed by atoms with Crippen molar-refractivity contribution in [2.75, 3.05) is 5.32 Å². The molecule has 0 saturated heterocycles. The molecule has 142 valence electrons. The number of hydrogen-bond donors (Lipinski definition) is 3. The Balaban J connectivity index is 1.47. The first-order chi connectivity index (χ1) is 13.5. The highest BCUT2D eigenvalue weighted by molar-refractivity contribution is 7.89. The molecule has 1 aliphatic rings. The van der Waals surface area contributed by atoms with Crippen LogP contribution < -0.4 is 15.4 Å². The molecular formula is C21H19N3O3S. The molecule has 1 amide bonds. The number of rotatable bonds is 4. The summed E-state index contributed by atoms with van der Waals surface area (Å²) in [5.74, 6) is -0.182. The molecular weight excluding hydrogens is 374 g/mol. The Morgan fingerprint density at radius 3 is 2.32 bits per heavy atom. The molecule has 0 saturated carbocycles. The van der Waals surface area contributed by atoms with Crippen LogP contribution in [-0.2, 0) is 16.6 Å². The Morgan fingerprint density at radius 1 is 0.893 bits per heavy atom. The first-order valence-corrected chi connectivity index (χ1v) is 10.3. The van der Waals surface area contributed by atoms with Crippen molar-refractivity contribution >= 4 is 21.6 Å². The largest absolute Gasteiger partial charge is 0.364 e. The van der Waals surface area contributed by atoms with Gasteiger partial charge in [-0.25, -0.2) is 8.42 Å². The summed E-state index contributed by atoms with van der Waals surface area (Å²) in [7, 11) is -3.60. The van der Waals surface area contributed by atoms with Crippen molar-refractivity contribution in [3.8, 4) is 0 Å². The molecule has 1 aliphatic heterocycles. The highest BCUT2D eigenvalue weighted by atomic mass is 32.2. The average Bonchev–Trinajstić information content (AvgIpc) is 2.72. The fraction of sp³-hybridized carbons (Fsp3) is 0.0952. The fourth-order valence-corrected chi connectivity index (χ4v) is 4.39. The molecule has 0 radical (unpaired) electrons. The summed E-state index contributed by atoms with van der Waals surface area (Å²) in [5.41, 5.74) is 2.80. The lowest BCUT2D eigenvalue weighted by Crippen LogP contribution is -2.38. The van der Waals surface area contributed by atoms with Gasteiger partial charge in [-0.05, 0) is 35.4 Å². The van der Waals surface area contributed by atoms with E-state index >= 15 is 0 Å². The summed E-state index contributed by atoms with van der Waals surface area (Å²) in [4.78, 5) is 12.6. The van der Waals surface area contributed by atoms with E-state index in [1.54, 1.807) is 48.5 Å². The van der Waals surface area contributed by atoms with Crippen LogP contribution in [0.25, 0.3) is 0 Å². The Bertz CT molecular complexity index is 1100. The normalized spacial score (nSPS) is 17.2. The van der Waals surface area contributed by atoms with E-state index in [4.69, 9.17) is 0 Å². The molecule has 4 rings (SSSR count). The van der Waals surface area contributed by atoms with Crippen molar-refractivity contribution in [3.63, 3.8) is 0 Å². The molecule has 0 aromatic heterocycles. The Labute approximate surface area is 163 Å². The number of fused-ring (bicyclic) bond motifs is 1. The number of nitrogens with one attached hydrogen (secondary N) is 3. The Morgan fingerprint density at radius 2 is 1.57 bits per heavy atom. The van der Waals surface area contributed by atoms with Crippen LogP contribution in [0.5, 0.6) is 0 Å². The van der Waals surface area contributed by atoms with Gasteiger partial charge < -0.3 is 10.6 Å². The van der Waals surface area contributed by atoms with Gasteiger partial charge in [0.25, 0.3) is 5.91 Å². The van der Waals surface area contributed by atoms with Gasteiger partial charge in [-0.2, -0.15) is 4.72 Å². The van der Waals surface area contributed by atoms with Gasteiger partial charge in [-0.3, -0.25) is 4.79 Å². The van der Waals surface area contributed by atoms with Crippen LogP contribution in [0.3, 0.4) is 0 Å². The van der Waals surface area contributed by atoms with E-state index in [1.165, 1.54) is 0 Å². The minimum atomic E-state index is -3.60. The van der Waals surface area contributed by atoms with E-state index in [-0.39, 0.29) is 10.8 Å². The molecule has 1 unspecified atom stereocenters. The molecule has 3 N–H and O–H groups in total. The molecule has 0 bridgehead atoms. The summed E-state index contributed by atoms with van der Waals surface area (Å²) >= 11 is 0. The highest BCUT2D eigenvalue weighted by Crippen LogP contribution is 2.30. The average molecular weight is 393 g/mol.